The topological polar surface area (TPSA) is 85.5 Å². The minimum atomic E-state index is -0.481. The second kappa shape index (κ2) is 8.01. The van der Waals surface area contributed by atoms with E-state index in [1.54, 1.807) is 29.3 Å². The van der Waals surface area contributed by atoms with Gasteiger partial charge in [-0.15, -0.1) is 0 Å². The van der Waals surface area contributed by atoms with Gasteiger partial charge in [0.2, 0.25) is 0 Å². The van der Waals surface area contributed by atoms with Gasteiger partial charge in [-0.25, -0.2) is 19.3 Å². The fraction of sp³-hybridized carbons (Fsp3) is 0.500. The Kier molecular flexibility index (Phi) is 5.40. The maximum atomic E-state index is 12.5. The molecule has 0 aromatic carbocycles. The van der Waals surface area contributed by atoms with Crippen LogP contribution in [-0.4, -0.2) is 54.2 Å². The first-order valence-corrected chi connectivity index (χ1v) is 10.4. The van der Waals surface area contributed by atoms with Gasteiger partial charge in [0.15, 0.2) is 5.82 Å². The Morgan fingerprint density at radius 3 is 2.90 bits per heavy atom. The Morgan fingerprint density at radius 2 is 2.10 bits per heavy atom. The number of likely N-dealkylation sites (tertiary alicyclic amines) is 1. The van der Waals surface area contributed by atoms with Gasteiger partial charge in [-0.2, -0.15) is 5.10 Å². The molecule has 0 unspecified atom stereocenters. The van der Waals surface area contributed by atoms with Crippen molar-refractivity contribution in [2.75, 3.05) is 13.1 Å². The molecule has 158 valence electrons. The van der Waals surface area contributed by atoms with E-state index in [1.807, 2.05) is 38.8 Å². The van der Waals surface area contributed by atoms with E-state index in [-0.39, 0.29) is 6.09 Å². The van der Waals surface area contributed by atoms with Gasteiger partial charge in [-0.1, -0.05) is 0 Å². The van der Waals surface area contributed by atoms with Gasteiger partial charge in [0.05, 0.1) is 23.5 Å². The molecule has 1 amide bonds. The lowest BCUT2D eigenvalue weighted by Gasteiger charge is -2.34. The minimum Gasteiger partial charge on any atom is -0.444 e. The molecular formula is C22H28N6O2. The van der Waals surface area contributed by atoms with E-state index in [4.69, 9.17) is 9.72 Å². The van der Waals surface area contributed by atoms with Crippen molar-refractivity contribution in [3.05, 3.63) is 42.2 Å². The van der Waals surface area contributed by atoms with Gasteiger partial charge in [-0.3, -0.25) is 4.98 Å². The summed E-state index contributed by atoms with van der Waals surface area (Å²) in [5, 5.41) is 4.36. The van der Waals surface area contributed by atoms with Gasteiger partial charge >= 0.3 is 6.09 Å². The van der Waals surface area contributed by atoms with Crippen molar-refractivity contribution in [2.45, 2.75) is 52.6 Å². The summed E-state index contributed by atoms with van der Waals surface area (Å²) >= 11 is 0. The summed E-state index contributed by atoms with van der Waals surface area (Å²) in [7, 11) is 0. The van der Waals surface area contributed by atoms with Crippen molar-refractivity contribution in [1.82, 2.24) is 29.5 Å². The summed E-state index contributed by atoms with van der Waals surface area (Å²) in [4.78, 5) is 27.9. The van der Waals surface area contributed by atoms with E-state index in [1.165, 1.54) is 0 Å². The zero-order valence-corrected chi connectivity index (χ0v) is 18.0. The smallest absolute Gasteiger partial charge is 0.410 e. The van der Waals surface area contributed by atoms with Crippen LogP contribution in [0.2, 0.25) is 0 Å². The number of carbonyl (C=O) groups is 1. The number of amides is 1. The first-order chi connectivity index (χ1) is 14.3. The van der Waals surface area contributed by atoms with E-state index < -0.39 is 5.60 Å². The normalized spacial score (nSPS) is 17.3. The number of fused-ring (bicyclic) bond motifs is 1. The Morgan fingerprint density at radius 1 is 1.27 bits per heavy atom. The van der Waals surface area contributed by atoms with Crippen LogP contribution in [0.3, 0.4) is 0 Å². The summed E-state index contributed by atoms with van der Waals surface area (Å²) in [6.45, 7) is 9.16. The first-order valence-electron chi connectivity index (χ1n) is 10.4. The lowest BCUT2D eigenvalue weighted by molar-refractivity contribution is 0.0165. The first kappa shape index (κ1) is 20.3. The fourth-order valence-corrected chi connectivity index (χ4v) is 3.82. The van der Waals surface area contributed by atoms with Crippen molar-refractivity contribution >= 4 is 11.6 Å². The molecule has 0 bridgehead atoms. The van der Waals surface area contributed by atoms with E-state index in [2.05, 4.69) is 15.1 Å². The van der Waals surface area contributed by atoms with E-state index in [0.717, 1.165) is 48.1 Å². The van der Waals surface area contributed by atoms with E-state index in [9.17, 15) is 4.79 Å². The monoisotopic (exact) mass is 408 g/mol. The molecule has 30 heavy (non-hydrogen) atoms. The van der Waals surface area contributed by atoms with E-state index >= 15 is 0 Å². The largest absolute Gasteiger partial charge is 0.444 e. The standard InChI is InChI=1S/C22H28N6O2/c1-15-11-24-20(17-12-25-28-9-7-23-13-19(17)28)26-18(15)10-16-6-5-8-27(14-16)21(29)30-22(2,3)4/h7,9,11-13,16H,5-6,8,10,14H2,1-4H3/t16-/m0/s1. The molecule has 4 rings (SSSR count). The second-order valence-electron chi connectivity index (χ2n) is 8.93. The average molecular weight is 409 g/mol. The van der Waals surface area contributed by atoms with Crippen LogP contribution in [0.4, 0.5) is 4.79 Å². The molecule has 0 N–H and O–H groups in total. The highest BCUT2D eigenvalue weighted by Crippen LogP contribution is 2.25. The molecule has 3 aromatic heterocycles. The average Bonchev–Trinajstić information content (AvgIpc) is 3.13. The zero-order valence-electron chi connectivity index (χ0n) is 18.0. The highest BCUT2D eigenvalue weighted by molar-refractivity contribution is 5.74. The summed E-state index contributed by atoms with van der Waals surface area (Å²) < 4.78 is 7.32. The number of aromatic nitrogens is 5. The number of hydrogen-bond donors (Lipinski definition) is 0. The van der Waals surface area contributed by atoms with Crippen LogP contribution in [0, 0.1) is 12.8 Å². The van der Waals surface area contributed by atoms with Gasteiger partial charge in [-0.05, 0) is 58.4 Å². The Balaban J connectivity index is 1.52. The second-order valence-corrected chi connectivity index (χ2v) is 8.93. The Hall–Kier alpha value is -3.03. The molecule has 8 nitrogen and oxygen atoms in total. The van der Waals surface area contributed by atoms with Crippen LogP contribution in [0.5, 0.6) is 0 Å². The number of rotatable bonds is 3. The number of ether oxygens (including phenoxy) is 1. The molecule has 4 heterocycles. The quantitative estimate of drug-likeness (QED) is 0.657. The maximum absolute atomic E-state index is 12.5. The number of nitrogens with zero attached hydrogens (tertiary/aromatic N) is 6. The molecule has 1 aliphatic rings. The molecule has 1 atom stereocenters. The van der Waals surface area contributed by atoms with Crippen molar-refractivity contribution in [1.29, 1.82) is 0 Å². The van der Waals surface area contributed by atoms with Crippen molar-refractivity contribution in [3.63, 3.8) is 0 Å². The highest BCUT2D eigenvalue weighted by Gasteiger charge is 2.28. The summed E-state index contributed by atoms with van der Waals surface area (Å²) in [5.41, 5.74) is 3.33. The lowest BCUT2D eigenvalue weighted by Crippen LogP contribution is -2.43. The molecular weight excluding hydrogens is 380 g/mol. The fourth-order valence-electron chi connectivity index (χ4n) is 3.82. The molecule has 3 aromatic rings. The molecule has 1 aliphatic heterocycles. The van der Waals surface area contributed by atoms with Gasteiger partial charge < -0.3 is 9.64 Å². The summed E-state index contributed by atoms with van der Waals surface area (Å²) in [6.07, 6.45) is 11.5. The van der Waals surface area contributed by atoms with Crippen LogP contribution < -0.4 is 0 Å². The summed E-state index contributed by atoms with van der Waals surface area (Å²) in [5.74, 6) is 0.997. The zero-order chi connectivity index (χ0) is 21.3. The molecule has 8 heteroatoms. The number of carbonyl (C=O) groups excluding carboxylic acids is 1. The number of piperidine rings is 1. The maximum Gasteiger partial charge on any atom is 0.410 e. The number of aryl methyl sites for hydroxylation is 1. The third-order valence-electron chi connectivity index (χ3n) is 5.29. The van der Waals surface area contributed by atoms with Crippen molar-refractivity contribution in [3.8, 4) is 11.4 Å². The highest BCUT2D eigenvalue weighted by atomic mass is 16.6. The third kappa shape index (κ3) is 4.42. The van der Waals surface area contributed by atoms with Crippen LogP contribution in [0.25, 0.3) is 16.9 Å². The molecule has 1 saturated heterocycles. The minimum absolute atomic E-state index is 0.230. The molecule has 0 saturated carbocycles. The van der Waals surface area contributed by atoms with Crippen LogP contribution in [0.1, 0.15) is 44.9 Å². The van der Waals surface area contributed by atoms with Crippen molar-refractivity contribution < 1.29 is 9.53 Å². The molecule has 0 radical (unpaired) electrons. The van der Waals surface area contributed by atoms with E-state index in [0.29, 0.717) is 18.3 Å². The SMILES string of the molecule is Cc1cnc(-c2cnn3ccncc23)nc1C[C@@H]1CCCN(C(=O)OC(C)(C)C)C1. The Bertz CT molecular complexity index is 1060. The Labute approximate surface area is 176 Å². The predicted molar refractivity (Wildman–Crippen MR) is 113 cm³/mol. The molecule has 0 spiro atoms. The molecule has 1 fully saturated rings. The predicted octanol–water partition coefficient (Wildman–Crippen LogP) is 3.68. The van der Waals surface area contributed by atoms with Gasteiger partial charge in [0.25, 0.3) is 0 Å². The van der Waals surface area contributed by atoms with Crippen LogP contribution >= 0.6 is 0 Å². The van der Waals surface area contributed by atoms with Gasteiger partial charge in [0, 0.05) is 37.4 Å². The van der Waals surface area contributed by atoms with Crippen molar-refractivity contribution in [2.24, 2.45) is 5.92 Å². The molecule has 0 aliphatic carbocycles. The van der Waals surface area contributed by atoms with Crippen LogP contribution in [0.15, 0.2) is 31.0 Å². The number of hydrogen-bond acceptors (Lipinski definition) is 6. The lowest BCUT2D eigenvalue weighted by atomic mass is 9.92. The van der Waals surface area contributed by atoms with Gasteiger partial charge in [0.1, 0.15) is 5.60 Å². The third-order valence-corrected chi connectivity index (χ3v) is 5.29. The summed E-state index contributed by atoms with van der Waals surface area (Å²) in [6, 6.07) is 0. The van der Waals surface area contributed by atoms with Crippen LogP contribution in [-0.2, 0) is 11.2 Å².